The fourth-order valence-electron chi connectivity index (χ4n) is 3.67. The summed E-state index contributed by atoms with van der Waals surface area (Å²) in [6.07, 6.45) is 0.314. The van der Waals surface area contributed by atoms with Crippen molar-refractivity contribution in [2.45, 2.75) is 29.2 Å². The maximum absolute atomic E-state index is 12.6. The van der Waals surface area contributed by atoms with Crippen LogP contribution < -0.4 is 10.2 Å². The van der Waals surface area contributed by atoms with Crippen molar-refractivity contribution >= 4 is 35.0 Å². The van der Waals surface area contributed by atoms with Gasteiger partial charge in [-0.25, -0.2) is 0 Å². The van der Waals surface area contributed by atoms with E-state index in [9.17, 15) is 9.59 Å². The molecule has 152 valence electrons. The number of carbonyl (C=O) groups is 2. The molecular weight excluding hydrogens is 386 g/mol. The summed E-state index contributed by atoms with van der Waals surface area (Å²) in [6.45, 7) is 4.57. The van der Waals surface area contributed by atoms with E-state index in [2.05, 4.69) is 34.5 Å². The Morgan fingerprint density at radius 2 is 1.62 bits per heavy atom. The first-order valence-electron chi connectivity index (χ1n) is 9.93. The molecule has 2 amide bonds. The van der Waals surface area contributed by atoms with Gasteiger partial charge in [0, 0.05) is 35.8 Å². The quantitative estimate of drug-likeness (QED) is 0.820. The molecule has 1 saturated heterocycles. The average Bonchev–Trinajstić information content (AvgIpc) is 2.76. The van der Waals surface area contributed by atoms with Crippen LogP contribution >= 0.6 is 11.8 Å². The summed E-state index contributed by atoms with van der Waals surface area (Å²) in [7, 11) is 0. The Bertz CT molecular complexity index is 853. The van der Waals surface area contributed by atoms with Crippen molar-refractivity contribution in [1.82, 2.24) is 10.2 Å². The lowest BCUT2D eigenvalue weighted by molar-refractivity contribution is -0.139. The van der Waals surface area contributed by atoms with E-state index < -0.39 is 6.04 Å². The molecule has 29 heavy (non-hydrogen) atoms. The lowest BCUT2D eigenvalue weighted by Gasteiger charge is -2.33. The first kappa shape index (κ1) is 19.8. The number of anilines is 2. The number of para-hydroxylation sites is 2. The molecule has 2 aromatic rings. The molecule has 2 heterocycles. The predicted molar refractivity (Wildman–Crippen MR) is 114 cm³/mol. The van der Waals surface area contributed by atoms with Gasteiger partial charge in [0.1, 0.15) is 6.04 Å². The number of nitrogens with one attached hydrogen (secondary N) is 1. The molecule has 1 unspecified atom stereocenters. The third-order valence-electron chi connectivity index (χ3n) is 5.17. The summed E-state index contributed by atoms with van der Waals surface area (Å²) in [5, 5.41) is 2.86. The number of hydrogen-bond acceptors (Lipinski definition) is 5. The topological polar surface area (TPSA) is 61.9 Å². The number of benzene rings is 2. The number of amides is 2. The van der Waals surface area contributed by atoms with Crippen LogP contribution in [0.3, 0.4) is 0 Å². The summed E-state index contributed by atoms with van der Waals surface area (Å²) in [5.74, 6) is -0.168. The summed E-state index contributed by atoms with van der Waals surface area (Å²) in [4.78, 5) is 31.4. The number of ether oxygens (including phenoxy) is 1. The van der Waals surface area contributed by atoms with Gasteiger partial charge < -0.3 is 19.9 Å². The molecule has 0 spiro atoms. The minimum atomic E-state index is -0.530. The van der Waals surface area contributed by atoms with E-state index in [1.807, 2.05) is 24.3 Å². The van der Waals surface area contributed by atoms with Crippen LogP contribution in [-0.4, -0.2) is 55.6 Å². The average molecular weight is 412 g/mol. The summed E-state index contributed by atoms with van der Waals surface area (Å²) < 4.78 is 5.29. The van der Waals surface area contributed by atoms with Crippen LogP contribution in [0.25, 0.3) is 0 Å². The van der Waals surface area contributed by atoms with Crippen molar-refractivity contribution in [3.05, 3.63) is 48.5 Å². The van der Waals surface area contributed by atoms with Crippen molar-refractivity contribution in [3.63, 3.8) is 0 Å². The van der Waals surface area contributed by atoms with Gasteiger partial charge >= 0.3 is 0 Å². The highest BCUT2D eigenvalue weighted by Gasteiger charge is 2.26. The smallest absolute Gasteiger partial charge is 0.245 e. The van der Waals surface area contributed by atoms with E-state index in [0.29, 0.717) is 39.3 Å². The second-order valence-electron chi connectivity index (χ2n) is 7.17. The molecule has 0 aliphatic carbocycles. The van der Waals surface area contributed by atoms with Gasteiger partial charge in [-0.3, -0.25) is 9.59 Å². The molecule has 0 saturated carbocycles. The molecule has 2 aliphatic heterocycles. The van der Waals surface area contributed by atoms with Gasteiger partial charge in [0.2, 0.25) is 11.8 Å². The van der Waals surface area contributed by atoms with Gasteiger partial charge in [-0.1, -0.05) is 36.0 Å². The SMILES string of the molecule is CC(NC(=O)CCN1c2ccccc2Sc2ccccc21)C(=O)N1CCOCC1. The summed E-state index contributed by atoms with van der Waals surface area (Å²) in [5.41, 5.74) is 2.22. The first-order valence-corrected chi connectivity index (χ1v) is 10.7. The number of fused-ring (bicyclic) bond motifs is 2. The van der Waals surface area contributed by atoms with Gasteiger partial charge in [-0.15, -0.1) is 0 Å². The van der Waals surface area contributed by atoms with E-state index in [0.717, 1.165) is 11.4 Å². The summed E-state index contributed by atoms with van der Waals surface area (Å²) >= 11 is 1.75. The van der Waals surface area contributed by atoms with Crippen molar-refractivity contribution in [2.24, 2.45) is 0 Å². The normalized spacial score (nSPS) is 16.6. The standard InChI is InChI=1S/C22H25N3O3S/c1-16(22(27)24-12-14-28-15-13-24)23-21(26)10-11-25-17-6-2-4-8-19(17)29-20-9-5-3-7-18(20)25/h2-9,16H,10-15H2,1H3,(H,23,26). The van der Waals surface area contributed by atoms with Crippen LogP contribution in [0, 0.1) is 0 Å². The van der Waals surface area contributed by atoms with Crippen molar-refractivity contribution in [2.75, 3.05) is 37.7 Å². The van der Waals surface area contributed by atoms with Gasteiger partial charge in [0.25, 0.3) is 0 Å². The molecule has 0 bridgehead atoms. The minimum absolute atomic E-state index is 0.0493. The maximum Gasteiger partial charge on any atom is 0.245 e. The highest BCUT2D eigenvalue weighted by Crippen LogP contribution is 2.47. The van der Waals surface area contributed by atoms with Crippen molar-refractivity contribution < 1.29 is 14.3 Å². The first-order chi connectivity index (χ1) is 14.1. The number of morpholine rings is 1. The van der Waals surface area contributed by atoms with Crippen LogP contribution in [0.4, 0.5) is 11.4 Å². The minimum Gasteiger partial charge on any atom is -0.378 e. The van der Waals surface area contributed by atoms with E-state index in [1.165, 1.54) is 9.79 Å². The molecule has 0 radical (unpaired) electrons. The number of nitrogens with zero attached hydrogens (tertiary/aromatic N) is 2. The van der Waals surface area contributed by atoms with Crippen molar-refractivity contribution in [1.29, 1.82) is 0 Å². The van der Waals surface area contributed by atoms with Crippen LogP contribution in [0.1, 0.15) is 13.3 Å². The molecule has 6 nitrogen and oxygen atoms in total. The molecule has 4 rings (SSSR count). The van der Waals surface area contributed by atoms with Crippen molar-refractivity contribution in [3.8, 4) is 0 Å². The fourth-order valence-corrected chi connectivity index (χ4v) is 4.76. The van der Waals surface area contributed by atoms with E-state index in [1.54, 1.807) is 23.6 Å². The van der Waals surface area contributed by atoms with Crippen LogP contribution in [-0.2, 0) is 14.3 Å². The molecule has 7 heteroatoms. The Kier molecular flexibility index (Phi) is 6.06. The Labute approximate surface area is 175 Å². The fraction of sp³-hybridized carbons (Fsp3) is 0.364. The van der Waals surface area contributed by atoms with E-state index in [4.69, 9.17) is 4.74 Å². The monoisotopic (exact) mass is 411 g/mol. The molecule has 1 N–H and O–H groups in total. The second kappa shape index (κ2) is 8.88. The van der Waals surface area contributed by atoms with E-state index in [-0.39, 0.29) is 11.8 Å². The van der Waals surface area contributed by atoms with Gasteiger partial charge in [0.05, 0.1) is 24.6 Å². The van der Waals surface area contributed by atoms with Crippen LogP contribution in [0.5, 0.6) is 0 Å². The third kappa shape index (κ3) is 4.41. The maximum atomic E-state index is 12.6. The molecular formula is C22H25N3O3S. The number of hydrogen-bond donors (Lipinski definition) is 1. The van der Waals surface area contributed by atoms with E-state index >= 15 is 0 Å². The zero-order valence-electron chi connectivity index (χ0n) is 16.5. The van der Waals surface area contributed by atoms with Gasteiger partial charge in [0.15, 0.2) is 0 Å². The zero-order chi connectivity index (χ0) is 20.2. The van der Waals surface area contributed by atoms with Crippen LogP contribution in [0.2, 0.25) is 0 Å². The molecule has 2 aromatic carbocycles. The van der Waals surface area contributed by atoms with Gasteiger partial charge in [-0.05, 0) is 31.2 Å². The molecule has 2 aliphatic rings. The zero-order valence-corrected chi connectivity index (χ0v) is 17.3. The summed E-state index contributed by atoms with van der Waals surface area (Å²) in [6, 6.07) is 15.9. The molecule has 1 fully saturated rings. The molecule has 1 atom stereocenters. The lowest BCUT2D eigenvalue weighted by Crippen LogP contribution is -2.50. The van der Waals surface area contributed by atoms with Crippen LogP contribution in [0.15, 0.2) is 58.3 Å². The molecule has 0 aromatic heterocycles. The lowest BCUT2D eigenvalue weighted by atomic mass is 10.2. The Hall–Kier alpha value is -2.51. The number of carbonyl (C=O) groups excluding carboxylic acids is 2. The largest absolute Gasteiger partial charge is 0.378 e. The predicted octanol–water partition coefficient (Wildman–Crippen LogP) is 3.04. The second-order valence-corrected chi connectivity index (χ2v) is 8.25. The number of rotatable bonds is 5. The Morgan fingerprint density at radius 1 is 1.03 bits per heavy atom. The highest BCUT2D eigenvalue weighted by molar-refractivity contribution is 7.99. The highest BCUT2D eigenvalue weighted by atomic mass is 32.2. The Balaban J connectivity index is 1.40. The van der Waals surface area contributed by atoms with Gasteiger partial charge in [-0.2, -0.15) is 0 Å². The third-order valence-corrected chi connectivity index (χ3v) is 6.30. The Morgan fingerprint density at radius 3 is 2.24 bits per heavy atom.